The first-order chi connectivity index (χ1) is 21.7. The summed E-state index contributed by atoms with van der Waals surface area (Å²) in [5, 5.41) is 15.3. The summed E-state index contributed by atoms with van der Waals surface area (Å²) in [6.07, 6.45) is 0. The maximum Gasteiger partial charge on any atom is 0.142 e. The SMILES string of the molecule is CC(C)(O)c1c(-c2ccccc2)ccc2c1oc1ccccc12.CC1(C)c2ccccc2-c2ccc3c(oc4ccccc43)c21. The molecule has 0 radical (unpaired) electrons. The van der Waals surface area contributed by atoms with Crippen LogP contribution in [-0.2, 0) is 11.0 Å². The molecular weight excluding hydrogens is 552 g/mol. The highest BCUT2D eigenvalue weighted by Crippen LogP contribution is 2.52. The molecule has 1 N–H and O–H groups in total. The number of hydrogen-bond donors (Lipinski definition) is 1. The summed E-state index contributed by atoms with van der Waals surface area (Å²) in [7, 11) is 0. The molecule has 3 heteroatoms. The van der Waals surface area contributed by atoms with Gasteiger partial charge < -0.3 is 13.9 Å². The van der Waals surface area contributed by atoms with Gasteiger partial charge in [-0.1, -0.05) is 117 Å². The second kappa shape index (κ2) is 9.95. The summed E-state index contributed by atoms with van der Waals surface area (Å²) in [4.78, 5) is 0. The van der Waals surface area contributed by atoms with Gasteiger partial charge in [0, 0.05) is 38.1 Å². The van der Waals surface area contributed by atoms with Gasteiger partial charge in [-0.25, -0.2) is 0 Å². The summed E-state index contributed by atoms with van der Waals surface area (Å²) in [5.74, 6) is 0. The maximum absolute atomic E-state index is 10.8. The molecule has 9 rings (SSSR count). The highest BCUT2D eigenvalue weighted by molar-refractivity contribution is 6.09. The molecule has 1 aliphatic rings. The highest BCUT2D eigenvalue weighted by atomic mass is 16.3. The molecule has 0 fully saturated rings. The molecule has 0 unspecified atom stereocenters. The van der Waals surface area contributed by atoms with Gasteiger partial charge in [0.2, 0.25) is 0 Å². The van der Waals surface area contributed by atoms with Crippen LogP contribution in [-0.4, -0.2) is 5.11 Å². The molecule has 45 heavy (non-hydrogen) atoms. The number of fused-ring (bicyclic) bond motifs is 10. The van der Waals surface area contributed by atoms with Gasteiger partial charge in [0.15, 0.2) is 0 Å². The third kappa shape index (κ3) is 4.22. The molecule has 2 heterocycles. The smallest absolute Gasteiger partial charge is 0.142 e. The zero-order valence-corrected chi connectivity index (χ0v) is 25.9. The zero-order chi connectivity index (χ0) is 30.9. The summed E-state index contributed by atoms with van der Waals surface area (Å²) < 4.78 is 12.4. The third-order valence-electron chi connectivity index (χ3n) is 9.31. The number of benzene rings is 6. The number of hydrogen-bond acceptors (Lipinski definition) is 3. The molecule has 2 aromatic heterocycles. The topological polar surface area (TPSA) is 46.5 Å². The van der Waals surface area contributed by atoms with Crippen molar-refractivity contribution < 1.29 is 13.9 Å². The fraction of sp³-hybridized carbons (Fsp3) is 0.143. The summed E-state index contributed by atoms with van der Waals surface area (Å²) in [5.41, 5.74) is 10.9. The van der Waals surface area contributed by atoms with Crippen molar-refractivity contribution in [2.45, 2.75) is 38.7 Å². The van der Waals surface area contributed by atoms with Gasteiger partial charge in [-0.15, -0.1) is 0 Å². The minimum Gasteiger partial charge on any atom is -0.456 e. The molecule has 0 spiro atoms. The van der Waals surface area contributed by atoms with Crippen molar-refractivity contribution >= 4 is 43.9 Å². The number of aliphatic hydroxyl groups is 1. The summed E-state index contributed by atoms with van der Waals surface area (Å²) >= 11 is 0. The molecular formula is C42H34O3. The Morgan fingerprint density at radius 1 is 0.511 bits per heavy atom. The molecule has 0 saturated heterocycles. The first-order valence-electron chi connectivity index (χ1n) is 15.5. The maximum atomic E-state index is 10.8. The molecule has 3 nitrogen and oxygen atoms in total. The Morgan fingerprint density at radius 3 is 1.71 bits per heavy atom. The van der Waals surface area contributed by atoms with Gasteiger partial charge in [0.25, 0.3) is 0 Å². The van der Waals surface area contributed by atoms with E-state index in [4.69, 9.17) is 8.83 Å². The van der Waals surface area contributed by atoms with E-state index in [0.717, 1.165) is 49.8 Å². The molecule has 6 aromatic carbocycles. The number of rotatable bonds is 2. The quantitative estimate of drug-likeness (QED) is 0.219. The number of para-hydroxylation sites is 2. The fourth-order valence-corrected chi connectivity index (χ4v) is 7.29. The van der Waals surface area contributed by atoms with Crippen molar-refractivity contribution in [1.29, 1.82) is 0 Å². The van der Waals surface area contributed by atoms with E-state index in [-0.39, 0.29) is 5.41 Å². The van der Waals surface area contributed by atoms with Crippen molar-refractivity contribution in [1.82, 2.24) is 0 Å². The predicted molar refractivity (Wildman–Crippen MR) is 186 cm³/mol. The first kappa shape index (κ1) is 27.4. The molecule has 1 aliphatic carbocycles. The molecule has 0 atom stereocenters. The lowest BCUT2D eigenvalue weighted by molar-refractivity contribution is 0.0798. The lowest BCUT2D eigenvalue weighted by atomic mass is 9.82. The Morgan fingerprint density at radius 2 is 1.04 bits per heavy atom. The fourth-order valence-electron chi connectivity index (χ4n) is 7.29. The van der Waals surface area contributed by atoms with Crippen molar-refractivity contribution in [3.8, 4) is 22.3 Å². The van der Waals surface area contributed by atoms with Gasteiger partial charge in [-0.2, -0.15) is 0 Å². The van der Waals surface area contributed by atoms with Crippen LogP contribution in [0.2, 0.25) is 0 Å². The second-order valence-electron chi connectivity index (χ2n) is 13.0. The van der Waals surface area contributed by atoms with E-state index in [0.29, 0.717) is 0 Å². The minimum atomic E-state index is -1.00. The number of furan rings is 2. The van der Waals surface area contributed by atoms with Crippen molar-refractivity contribution in [3.05, 3.63) is 144 Å². The van der Waals surface area contributed by atoms with Crippen LogP contribution in [0.3, 0.4) is 0 Å². The van der Waals surface area contributed by atoms with Crippen LogP contribution in [0.15, 0.2) is 136 Å². The monoisotopic (exact) mass is 586 g/mol. The zero-order valence-electron chi connectivity index (χ0n) is 25.9. The summed E-state index contributed by atoms with van der Waals surface area (Å²) in [6, 6.07) is 43.7. The van der Waals surface area contributed by atoms with E-state index >= 15 is 0 Å². The molecule has 220 valence electrons. The van der Waals surface area contributed by atoms with Crippen LogP contribution >= 0.6 is 0 Å². The van der Waals surface area contributed by atoms with Gasteiger partial charge in [-0.3, -0.25) is 0 Å². The Balaban J connectivity index is 0.000000134. The standard InChI is InChI=1S/C21H18O2.C21H16O/c1-21(2,22)19-15(14-8-4-3-5-9-14)12-13-17-16-10-6-7-11-18(16)23-20(17)19;1-21(2)17-9-5-3-7-13(17)15-11-12-16-14-8-4-6-10-18(14)22-20(16)19(15)21/h3-13,22H,1-2H3;3-12H,1-2H3. The Labute approximate surface area is 262 Å². The van der Waals surface area contributed by atoms with Crippen LogP contribution in [0.25, 0.3) is 66.1 Å². The van der Waals surface area contributed by atoms with Crippen molar-refractivity contribution in [3.63, 3.8) is 0 Å². The Hall–Kier alpha value is -5.12. The molecule has 8 aromatic rings. The van der Waals surface area contributed by atoms with E-state index in [1.807, 2.05) is 42.5 Å². The average molecular weight is 587 g/mol. The average Bonchev–Trinajstić information content (AvgIpc) is 3.69. The largest absolute Gasteiger partial charge is 0.456 e. The Kier molecular flexibility index (Phi) is 6.07. The van der Waals surface area contributed by atoms with E-state index in [2.05, 4.69) is 98.8 Å². The minimum absolute atomic E-state index is 0.0285. The van der Waals surface area contributed by atoms with Crippen molar-refractivity contribution in [2.24, 2.45) is 0 Å². The van der Waals surface area contributed by atoms with Crippen LogP contribution in [0.5, 0.6) is 0 Å². The third-order valence-corrected chi connectivity index (χ3v) is 9.31. The first-order valence-corrected chi connectivity index (χ1v) is 15.5. The van der Waals surface area contributed by atoms with E-state index < -0.39 is 5.60 Å². The van der Waals surface area contributed by atoms with E-state index in [1.165, 1.54) is 33.0 Å². The molecule has 0 amide bonds. The van der Waals surface area contributed by atoms with Crippen LogP contribution in [0, 0.1) is 0 Å². The van der Waals surface area contributed by atoms with E-state index in [1.54, 1.807) is 13.8 Å². The highest BCUT2D eigenvalue weighted by Gasteiger charge is 2.38. The van der Waals surface area contributed by atoms with E-state index in [9.17, 15) is 5.11 Å². The van der Waals surface area contributed by atoms with Gasteiger partial charge in [0.1, 0.15) is 22.3 Å². The lowest BCUT2D eigenvalue weighted by Crippen LogP contribution is -2.17. The van der Waals surface area contributed by atoms with Crippen molar-refractivity contribution in [2.75, 3.05) is 0 Å². The van der Waals surface area contributed by atoms with Gasteiger partial charge in [-0.05, 0) is 65.9 Å². The van der Waals surface area contributed by atoms with Crippen LogP contribution in [0.1, 0.15) is 44.4 Å². The molecule has 0 aliphatic heterocycles. The predicted octanol–water partition coefficient (Wildman–Crippen LogP) is 11.4. The molecule has 0 bridgehead atoms. The Bertz CT molecular complexity index is 2380. The molecule has 0 saturated carbocycles. The second-order valence-corrected chi connectivity index (χ2v) is 13.0. The summed E-state index contributed by atoms with van der Waals surface area (Å²) in [6.45, 7) is 8.21. The van der Waals surface area contributed by atoms with Crippen LogP contribution < -0.4 is 0 Å². The van der Waals surface area contributed by atoms with Gasteiger partial charge in [0.05, 0.1) is 5.60 Å². The van der Waals surface area contributed by atoms with Gasteiger partial charge >= 0.3 is 0 Å². The lowest BCUT2D eigenvalue weighted by Gasteiger charge is -2.22. The van der Waals surface area contributed by atoms with Crippen LogP contribution in [0.4, 0.5) is 0 Å². The normalized spacial score (nSPS) is 13.6.